The molecule has 4 nitrogen and oxygen atoms in total. The fourth-order valence-electron chi connectivity index (χ4n) is 4.38. The molecule has 0 bridgehead atoms. The van der Waals surface area contributed by atoms with Crippen molar-refractivity contribution in [3.63, 3.8) is 0 Å². The number of carbonyl (C=O) groups excluding carboxylic acids is 1. The number of rotatable bonds is 4. The van der Waals surface area contributed by atoms with E-state index in [1.165, 1.54) is 0 Å². The van der Waals surface area contributed by atoms with Crippen LogP contribution in [0.5, 0.6) is 17.2 Å². The van der Waals surface area contributed by atoms with E-state index in [1.807, 2.05) is 42.5 Å². The SMILES string of the molecule is COc1cc(C=C2CCCC(=Cc3cc(C(C)(C)C)c(O)c(C(C)(C)C)c3)C2=O)cc(OC)c1. The summed E-state index contributed by atoms with van der Waals surface area (Å²) in [6, 6.07) is 9.68. The van der Waals surface area contributed by atoms with E-state index in [4.69, 9.17) is 9.47 Å². The molecular formula is C30H38O4. The van der Waals surface area contributed by atoms with Gasteiger partial charge in [0.05, 0.1) is 14.2 Å². The molecule has 1 N–H and O–H groups in total. The molecule has 1 fully saturated rings. The van der Waals surface area contributed by atoms with E-state index in [-0.39, 0.29) is 16.6 Å². The van der Waals surface area contributed by atoms with Gasteiger partial charge in [0, 0.05) is 28.3 Å². The zero-order chi connectivity index (χ0) is 25.3. The van der Waals surface area contributed by atoms with Gasteiger partial charge in [-0.05, 0) is 77.6 Å². The first-order chi connectivity index (χ1) is 15.8. The minimum Gasteiger partial charge on any atom is -0.507 e. The number of hydrogen-bond acceptors (Lipinski definition) is 4. The maximum atomic E-state index is 13.4. The fraction of sp³-hybridized carbons (Fsp3) is 0.433. The Morgan fingerprint density at radius 3 is 1.53 bits per heavy atom. The molecule has 1 saturated carbocycles. The smallest absolute Gasteiger partial charge is 0.185 e. The molecule has 34 heavy (non-hydrogen) atoms. The molecule has 0 saturated heterocycles. The zero-order valence-electron chi connectivity index (χ0n) is 21.8. The van der Waals surface area contributed by atoms with Crippen LogP contribution in [0.25, 0.3) is 12.2 Å². The van der Waals surface area contributed by atoms with Crippen LogP contribution in [-0.4, -0.2) is 25.1 Å². The van der Waals surface area contributed by atoms with Gasteiger partial charge >= 0.3 is 0 Å². The average molecular weight is 463 g/mol. The highest BCUT2D eigenvalue weighted by Crippen LogP contribution is 2.40. The second-order valence-corrected chi connectivity index (χ2v) is 11.1. The number of phenolic OH excluding ortho intramolecular Hbond substituents is 1. The molecule has 0 radical (unpaired) electrons. The summed E-state index contributed by atoms with van der Waals surface area (Å²) in [6.07, 6.45) is 6.35. The standard InChI is InChI=1S/C30H38O4/c1-29(2,3)25-16-20(17-26(28(25)32)30(4,5)6)13-22-11-9-10-21(27(22)31)12-19-14-23(33-7)18-24(15-19)34-8/h12-18,32H,9-11H2,1-8H3. The molecule has 0 aromatic heterocycles. The van der Waals surface area contributed by atoms with Gasteiger partial charge in [-0.1, -0.05) is 41.5 Å². The van der Waals surface area contributed by atoms with Crippen molar-refractivity contribution in [2.45, 2.75) is 71.6 Å². The number of carbonyl (C=O) groups is 1. The molecule has 2 aromatic rings. The van der Waals surface area contributed by atoms with E-state index >= 15 is 0 Å². The molecule has 0 heterocycles. The van der Waals surface area contributed by atoms with Crippen molar-refractivity contribution in [1.82, 2.24) is 0 Å². The normalized spacial score (nSPS) is 17.4. The number of ether oxygens (including phenoxy) is 2. The van der Waals surface area contributed by atoms with Crippen molar-refractivity contribution in [1.29, 1.82) is 0 Å². The first-order valence-electron chi connectivity index (χ1n) is 11.9. The largest absolute Gasteiger partial charge is 0.507 e. The first kappa shape index (κ1) is 25.6. The predicted octanol–water partition coefficient (Wildman–Crippen LogP) is 7.22. The fourth-order valence-corrected chi connectivity index (χ4v) is 4.38. The maximum Gasteiger partial charge on any atom is 0.185 e. The van der Waals surface area contributed by atoms with E-state index in [0.29, 0.717) is 17.2 Å². The van der Waals surface area contributed by atoms with Gasteiger partial charge in [0.1, 0.15) is 17.2 Å². The van der Waals surface area contributed by atoms with Crippen LogP contribution in [0.1, 0.15) is 83.1 Å². The minimum absolute atomic E-state index is 0.0794. The third-order valence-corrected chi connectivity index (χ3v) is 6.28. The molecular weight excluding hydrogens is 424 g/mol. The van der Waals surface area contributed by atoms with Crippen molar-refractivity contribution in [3.05, 3.63) is 63.7 Å². The summed E-state index contributed by atoms with van der Waals surface area (Å²) in [7, 11) is 3.24. The summed E-state index contributed by atoms with van der Waals surface area (Å²) < 4.78 is 10.7. The van der Waals surface area contributed by atoms with Crippen molar-refractivity contribution < 1.29 is 19.4 Å². The number of aromatic hydroxyl groups is 1. The maximum absolute atomic E-state index is 13.4. The van der Waals surface area contributed by atoms with Crippen LogP contribution in [-0.2, 0) is 15.6 Å². The molecule has 4 heteroatoms. The Morgan fingerprint density at radius 1 is 0.735 bits per heavy atom. The van der Waals surface area contributed by atoms with Crippen molar-refractivity contribution in [2.75, 3.05) is 14.2 Å². The number of phenols is 1. The molecule has 0 atom stereocenters. The van der Waals surface area contributed by atoms with Gasteiger partial charge in [0.15, 0.2) is 5.78 Å². The second kappa shape index (κ2) is 9.69. The first-order valence-corrected chi connectivity index (χ1v) is 11.9. The van der Waals surface area contributed by atoms with Crippen LogP contribution < -0.4 is 9.47 Å². The van der Waals surface area contributed by atoms with Crippen molar-refractivity contribution in [2.24, 2.45) is 0 Å². The summed E-state index contributed by atoms with van der Waals surface area (Å²) in [4.78, 5) is 13.4. The summed E-state index contributed by atoms with van der Waals surface area (Å²) in [5.41, 5.74) is 4.80. The highest BCUT2D eigenvalue weighted by Gasteiger charge is 2.27. The van der Waals surface area contributed by atoms with Gasteiger partial charge in [0.2, 0.25) is 0 Å². The molecule has 0 spiro atoms. The van der Waals surface area contributed by atoms with Crippen LogP contribution in [0.4, 0.5) is 0 Å². The van der Waals surface area contributed by atoms with Crippen LogP contribution in [0, 0.1) is 0 Å². The van der Waals surface area contributed by atoms with Crippen LogP contribution in [0.3, 0.4) is 0 Å². The Bertz CT molecular complexity index is 1080. The highest BCUT2D eigenvalue weighted by atomic mass is 16.5. The van der Waals surface area contributed by atoms with E-state index in [2.05, 4.69) is 41.5 Å². The third kappa shape index (κ3) is 5.72. The Labute approximate surface area is 204 Å². The molecule has 0 unspecified atom stereocenters. The topological polar surface area (TPSA) is 55.8 Å². The monoisotopic (exact) mass is 462 g/mol. The molecule has 3 rings (SSSR count). The average Bonchev–Trinajstić information content (AvgIpc) is 2.75. The van der Waals surface area contributed by atoms with Gasteiger partial charge < -0.3 is 14.6 Å². The Kier molecular flexibility index (Phi) is 7.30. The molecule has 1 aliphatic rings. The number of methoxy groups -OCH3 is 2. The Hall–Kier alpha value is -3.01. The number of benzene rings is 2. The van der Waals surface area contributed by atoms with E-state index in [0.717, 1.165) is 52.7 Å². The molecule has 0 aliphatic heterocycles. The van der Waals surface area contributed by atoms with Crippen LogP contribution >= 0.6 is 0 Å². The number of Topliss-reactive ketones (excluding diaryl/α,β-unsaturated/α-hetero) is 1. The van der Waals surface area contributed by atoms with Gasteiger partial charge in [0.25, 0.3) is 0 Å². The number of allylic oxidation sites excluding steroid dienone is 2. The lowest BCUT2D eigenvalue weighted by Crippen LogP contribution is -2.18. The van der Waals surface area contributed by atoms with E-state index < -0.39 is 0 Å². The van der Waals surface area contributed by atoms with Crippen LogP contribution in [0.2, 0.25) is 0 Å². The molecule has 1 aliphatic carbocycles. The van der Waals surface area contributed by atoms with Crippen molar-refractivity contribution in [3.8, 4) is 17.2 Å². The molecule has 182 valence electrons. The Morgan fingerprint density at radius 2 is 1.15 bits per heavy atom. The lowest BCUT2D eigenvalue weighted by Gasteiger charge is -2.28. The lowest BCUT2D eigenvalue weighted by molar-refractivity contribution is -0.112. The van der Waals surface area contributed by atoms with Gasteiger partial charge in [-0.15, -0.1) is 0 Å². The van der Waals surface area contributed by atoms with Crippen molar-refractivity contribution >= 4 is 17.9 Å². The molecule has 0 amide bonds. The highest BCUT2D eigenvalue weighted by molar-refractivity contribution is 6.14. The minimum atomic E-state index is -0.217. The van der Waals surface area contributed by atoms with Crippen LogP contribution in [0.15, 0.2) is 41.5 Å². The summed E-state index contributed by atoms with van der Waals surface area (Å²) in [6.45, 7) is 12.6. The second-order valence-electron chi connectivity index (χ2n) is 11.1. The van der Waals surface area contributed by atoms with Gasteiger partial charge in [-0.3, -0.25) is 4.79 Å². The van der Waals surface area contributed by atoms with E-state index in [9.17, 15) is 9.90 Å². The summed E-state index contributed by atoms with van der Waals surface area (Å²) >= 11 is 0. The number of hydrogen-bond donors (Lipinski definition) is 1. The lowest BCUT2D eigenvalue weighted by atomic mass is 9.78. The van der Waals surface area contributed by atoms with Gasteiger partial charge in [-0.25, -0.2) is 0 Å². The quantitative estimate of drug-likeness (QED) is 0.487. The Balaban J connectivity index is 2.05. The van der Waals surface area contributed by atoms with Gasteiger partial charge in [-0.2, -0.15) is 0 Å². The zero-order valence-corrected chi connectivity index (χ0v) is 21.8. The summed E-state index contributed by atoms with van der Waals surface area (Å²) in [5, 5.41) is 11.0. The third-order valence-electron chi connectivity index (χ3n) is 6.28. The van der Waals surface area contributed by atoms with E-state index in [1.54, 1.807) is 14.2 Å². The number of ketones is 1. The molecule has 2 aromatic carbocycles. The summed E-state index contributed by atoms with van der Waals surface area (Å²) in [5.74, 6) is 1.82. The predicted molar refractivity (Wildman–Crippen MR) is 140 cm³/mol.